The molecular formula is C21H23ClN2O5. The second-order valence-electron chi connectivity index (χ2n) is 6.61. The Morgan fingerprint density at radius 1 is 1.31 bits per heavy atom. The summed E-state index contributed by atoms with van der Waals surface area (Å²) in [5.41, 5.74) is 1.33. The summed E-state index contributed by atoms with van der Waals surface area (Å²) in [7, 11) is 1.49. The molecule has 1 heterocycles. The van der Waals surface area contributed by atoms with E-state index in [1.807, 2.05) is 0 Å². The van der Waals surface area contributed by atoms with E-state index >= 15 is 0 Å². The SMILES string of the molecule is CCCCOc1c(Cl)cc(C(=O)Nc2ccc3c(c2)NC(=O)C(C)O3)cc1OC. The maximum atomic E-state index is 12.7. The van der Waals surface area contributed by atoms with Crippen LogP contribution in [0.4, 0.5) is 11.4 Å². The fraction of sp³-hybridized carbons (Fsp3) is 0.333. The highest BCUT2D eigenvalue weighted by Gasteiger charge is 2.24. The summed E-state index contributed by atoms with van der Waals surface area (Å²) in [6.07, 6.45) is 1.32. The molecule has 2 aromatic rings. The number of unbranched alkanes of at least 4 members (excludes halogenated alkanes) is 1. The highest BCUT2D eigenvalue weighted by molar-refractivity contribution is 6.32. The van der Waals surface area contributed by atoms with Crippen molar-refractivity contribution in [3.8, 4) is 17.2 Å². The Hall–Kier alpha value is -2.93. The molecule has 0 bridgehead atoms. The molecule has 0 radical (unpaired) electrons. The third kappa shape index (κ3) is 4.74. The summed E-state index contributed by atoms with van der Waals surface area (Å²) in [6, 6.07) is 8.14. The monoisotopic (exact) mass is 418 g/mol. The zero-order chi connectivity index (χ0) is 21.0. The second-order valence-corrected chi connectivity index (χ2v) is 7.01. The zero-order valence-corrected chi connectivity index (χ0v) is 17.3. The van der Waals surface area contributed by atoms with Crippen molar-refractivity contribution in [1.82, 2.24) is 0 Å². The van der Waals surface area contributed by atoms with Gasteiger partial charge >= 0.3 is 0 Å². The van der Waals surface area contributed by atoms with Gasteiger partial charge in [-0.05, 0) is 43.7 Å². The molecule has 3 rings (SSSR count). The van der Waals surface area contributed by atoms with Gasteiger partial charge in [-0.15, -0.1) is 0 Å². The molecule has 0 saturated carbocycles. The third-order valence-corrected chi connectivity index (χ3v) is 4.68. The van der Waals surface area contributed by atoms with E-state index in [1.165, 1.54) is 13.2 Å². The fourth-order valence-corrected chi connectivity index (χ4v) is 3.06. The van der Waals surface area contributed by atoms with E-state index in [-0.39, 0.29) is 11.8 Å². The van der Waals surface area contributed by atoms with Crippen molar-refractivity contribution < 1.29 is 23.8 Å². The van der Waals surface area contributed by atoms with E-state index < -0.39 is 6.10 Å². The number of fused-ring (bicyclic) bond motifs is 1. The lowest BCUT2D eigenvalue weighted by atomic mass is 10.1. The van der Waals surface area contributed by atoms with Gasteiger partial charge in [-0.1, -0.05) is 24.9 Å². The number of benzene rings is 2. The van der Waals surface area contributed by atoms with E-state index in [1.54, 1.807) is 31.2 Å². The minimum atomic E-state index is -0.560. The Bertz CT molecular complexity index is 932. The highest BCUT2D eigenvalue weighted by Crippen LogP contribution is 2.37. The Morgan fingerprint density at radius 2 is 2.10 bits per heavy atom. The average molecular weight is 419 g/mol. The summed E-state index contributed by atoms with van der Waals surface area (Å²) in [5, 5.41) is 5.83. The summed E-state index contributed by atoms with van der Waals surface area (Å²) >= 11 is 6.31. The molecule has 2 amide bonds. The normalized spacial score (nSPS) is 15.0. The third-order valence-electron chi connectivity index (χ3n) is 4.40. The number of amides is 2. The number of carbonyl (C=O) groups excluding carboxylic acids is 2. The lowest BCUT2D eigenvalue weighted by molar-refractivity contribution is -0.122. The van der Waals surface area contributed by atoms with Crippen LogP contribution in [0.15, 0.2) is 30.3 Å². The molecule has 1 atom stereocenters. The van der Waals surface area contributed by atoms with E-state index in [0.29, 0.717) is 45.8 Å². The van der Waals surface area contributed by atoms with Crippen LogP contribution in [0.5, 0.6) is 17.2 Å². The Morgan fingerprint density at radius 3 is 2.83 bits per heavy atom. The Labute approximate surface area is 174 Å². The number of hydrogen-bond donors (Lipinski definition) is 2. The van der Waals surface area contributed by atoms with Crippen molar-refractivity contribution in [3.63, 3.8) is 0 Å². The molecule has 2 N–H and O–H groups in total. The van der Waals surface area contributed by atoms with Crippen molar-refractivity contribution in [3.05, 3.63) is 40.9 Å². The average Bonchev–Trinajstić information content (AvgIpc) is 2.70. The number of methoxy groups -OCH3 is 1. The fourth-order valence-electron chi connectivity index (χ4n) is 2.80. The molecule has 1 aliphatic heterocycles. The Balaban J connectivity index is 1.78. The van der Waals surface area contributed by atoms with Crippen LogP contribution in [-0.4, -0.2) is 31.6 Å². The maximum absolute atomic E-state index is 12.7. The first-order chi connectivity index (χ1) is 13.9. The van der Waals surface area contributed by atoms with Gasteiger partial charge in [0.2, 0.25) is 0 Å². The van der Waals surface area contributed by atoms with Crippen LogP contribution in [0.25, 0.3) is 0 Å². The van der Waals surface area contributed by atoms with Gasteiger partial charge < -0.3 is 24.8 Å². The molecule has 154 valence electrons. The first-order valence-electron chi connectivity index (χ1n) is 9.36. The molecule has 29 heavy (non-hydrogen) atoms. The zero-order valence-electron chi connectivity index (χ0n) is 16.5. The van der Waals surface area contributed by atoms with Gasteiger partial charge in [0.1, 0.15) is 5.75 Å². The van der Waals surface area contributed by atoms with Crippen molar-refractivity contribution in [2.24, 2.45) is 0 Å². The van der Waals surface area contributed by atoms with Crippen LogP contribution >= 0.6 is 11.6 Å². The van der Waals surface area contributed by atoms with Crippen molar-refractivity contribution in [2.75, 3.05) is 24.4 Å². The van der Waals surface area contributed by atoms with Gasteiger partial charge in [0.15, 0.2) is 17.6 Å². The lowest BCUT2D eigenvalue weighted by Gasteiger charge is -2.23. The van der Waals surface area contributed by atoms with Crippen molar-refractivity contribution in [2.45, 2.75) is 32.8 Å². The van der Waals surface area contributed by atoms with Crippen LogP contribution in [0.2, 0.25) is 5.02 Å². The summed E-state index contributed by atoms with van der Waals surface area (Å²) in [5.74, 6) is 0.743. The Kier molecular flexibility index (Phi) is 6.49. The van der Waals surface area contributed by atoms with Crippen LogP contribution in [-0.2, 0) is 4.79 Å². The molecule has 7 nitrogen and oxygen atoms in total. The van der Waals surface area contributed by atoms with Crippen LogP contribution in [0, 0.1) is 0 Å². The number of anilines is 2. The standard InChI is InChI=1S/C21H23ClN2O5/c1-4-5-8-28-19-15(22)9-13(10-18(19)27-3)21(26)23-14-6-7-17-16(11-14)24-20(25)12(2)29-17/h6-7,9-12H,4-5,8H2,1-3H3,(H,23,26)(H,24,25). The van der Waals surface area contributed by atoms with Crippen molar-refractivity contribution in [1.29, 1.82) is 0 Å². The van der Waals surface area contributed by atoms with Gasteiger partial charge in [-0.3, -0.25) is 9.59 Å². The quantitative estimate of drug-likeness (QED) is 0.646. The molecule has 0 saturated heterocycles. The number of hydrogen-bond acceptors (Lipinski definition) is 5. The summed E-state index contributed by atoms with van der Waals surface area (Å²) in [6.45, 7) is 4.24. The molecule has 0 aromatic heterocycles. The molecule has 1 aliphatic rings. The second kappa shape index (κ2) is 9.05. The predicted molar refractivity (Wildman–Crippen MR) is 112 cm³/mol. The van der Waals surface area contributed by atoms with Gasteiger partial charge in [0, 0.05) is 11.3 Å². The topological polar surface area (TPSA) is 85.9 Å². The first-order valence-corrected chi connectivity index (χ1v) is 9.74. The van der Waals surface area contributed by atoms with E-state index in [4.69, 9.17) is 25.8 Å². The molecule has 1 unspecified atom stereocenters. The van der Waals surface area contributed by atoms with Crippen LogP contribution in [0.1, 0.15) is 37.0 Å². The van der Waals surface area contributed by atoms with Crippen LogP contribution in [0.3, 0.4) is 0 Å². The van der Waals surface area contributed by atoms with Gasteiger partial charge in [-0.2, -0.15) is 0 Å². The molecular weight excluding hydrogens is 396 g/mol. The molecule has 0 spiro atoms. The lowest BCUT2D eigenvalue weighted by Crippen LogP contribution is -2.34. The highest BCUT2D eigenvalue weighted by atomic mass is 35.5. The first kappa shape index (κ1) is 20.8. The van der Waals surface area contributed by atoms with Gasteiger partial charge in [0.05, 0.1) is 24.4 Å². The van der Waals surface area contributed by atoms with Gasteiger partial charge in [-0.25, -0.2) is 0 Å². The molecule has 0 aliphatic carbocycles. The van der Waals surface area contributed by atoms with Crippen molar-refractivity contribution >= 4 is 34.8 Å². The summed E-state index contributed by atoms with van der Waals surface area (Å²) in [4.78, 5) is 24.5. The number of nitrogens with one attached hydrogen (secondary N) is 2. The number of carbonyl (C=O) groups is 2. The largest absolute Gasteiger partial charge is 0.493 e. The minimum Gasteiger partial charge on any atom is -0.493 e. The number of halogens is 1. The molecule has 8 heteroatoms. The molecule has 0 fully saturated rings. The molecule has 2 aromatic carbocycles. The van der Waals surface area contributed by atoms with Crippen LogP contribution < -0.4 is 24.8 Å². The van der Waals surface area contributed by atoms with E-state index in [9.17, 15) is 9.59 Å². The van der Waals surface area contributed by atoms with E-state index in [2.05, 4.69) is 17.6 Å². The smallest absolute Gasteiger partial charge is 0.265 e. The number of ether oxygens (including phenoxy) is 3. The van der Waals surface area contributed by atoms with Gasteiger partial charge in [0.25, 0.3) is 11.8 Å². The minimum absolute atomic E-state index is 0.240. The maximum Gasteiger partial charge on any atom is 0.265 e. The van der Waals surface area contributed by atoms with E-state index in [0.717, 1.165) is 12.8 Å². The predicted octanol–water partition coefficient (Wildman–Crippen LogP) is 4.50. The summed E-state index contributed by atoms with van der Waals surface area (Å²) < 4.78 is 16.5. The number of rotatable bonds is 7.